The maximum atomic E-state index is 12.3. The second-order valence-corrected chi connectivity index (χ2v) is 8.41. The van der Waals surface area contributed by atoms with Crippen molar-refractivity contribution in [3.8, 4) is 5.75 Å². The minimum absolute atomic E-state index is 0.0975. The summed E-state index contributed by atoms with van der Waals surface area (Å²) in [5.41, 5.74) is -0.424. The van der Waals surface area contributed by atoms with E-state index in [9.17, 15) is 19.5 Å². The summed E-state index contributed by atoms with van der Waals surface area (Å²) in [6.45, 7) is 6.57. The quantitative estimate of drug-likeness (QED) is 0.371. The standard InChI is InChI=1S/C18H24ClIN2O6/c1-5-27-15(24)8-13(11-6-10(19)7-12(20)16(11)25)22-14(23)9-21-17(26)28-18(2,3)4/h6-7,13,25H,5,8-9H2,1-4H3,(H,21,26)(H,22,23). The zero-order chi connectivity index (χ0) is 21.5. The maximum Gasteiger partial charge on any atom is 0.408 e. The lowest BCUT2D eigenvalue weighted by Gasteiger charge is -2.22. The number of hydrogen-bond donors (Lipinski definition) is 3. The molecule has 0 aromatic heterocycles. The Balaban J connectivity index is 2.91. The van der Waals surface area contributed by atoms with Crippen molar-refractivity contribution in [2.45, 2.75) is 45.8 Å². The van der Waals surface area contributed by atoms with Gasteiger partial charge in [-0.2, -0.15) is 0 Å². The second-order valence-electron chi connectivity index (χ2n) is 6.81. The first-order valence-electron chi connectivity index (χ1n) is 8.52. The molecule has 1 rings (SSSR count). The molecule has 1 aromatic rings. The summed E-state index contributed by atoms with van der Waals surface area (Å²) in [7, 11) is 0. The molecule has 1 aromatic carbocycles. The average Bonchev–Trinajstić information content (AvgIpc) is 2.54. The van der Waals surface area contributed by atoms with Crippen molar-refractivity contribution in [3.63, 3.8) is 0 Å². The molecule has 8 nitrogen and oxygen atoms in total. The molecule has 0 aliphatic carbocycles. The SMILES string of the molecule is CCOC(=O)CC(NC(=O)CNC(=O)OC(C)(C)C)c1cc(Cl)cc(I)c1O. The van der Waals surface area contributed by atoms with Crippen LogP contribution in [0.1, 0.15) is 45.7 Å². The highest BCUT2D eigenvalue weighted by Crippen LogP contribution is 2.34. The zero-order valence-corrected chi connectivity index (χ0v) is 19.0. The van der Waals surface area contributed by atoms with E-state index in [-0.39, 0.29) is 30.9 Å². The molecular weight excluding hydrogens is 503 g/mol. The average molecular weight is 527 g/mol. The molecule has 0 saturated carbocycles. The van der Waals surface area contributed by atoms with E-state index in [2.05, 4.69) is 10.6 Å². The van der Waals surface area contributed by atoms with E-state index in [1.54, 1.807) is 33.8 Å². The fourth-order valence-electron chi connectivity index (χ4n) is 2.19. The number of hydrogen-bond acceptors (Lipinski definition) is 6. The van der Waals surface area contributed by atoms with E-state index < -0.39 is 29.6 Å². The maximum absolute atomic E-state index is 12.3. The minimum atomic E-state index is -0.890. The second kappa shape index (κ2) is 10.7. The van der Waals surface area contributed by atoms with Gasteiger partial charge < -0.3 is 25.2 Å². The molecule has 156 valence electrons. The van der Waals surface area contributed by atoms with Crippen molar-refractivity contribution < 1.29 is 29.0 Å². The highest BCUT2D eigenvalue weighted by atomic mass is 127. The van der Waals surface area contributed by atoms with Gasteiger partial charge in [-0.3, -0.25) is 9.59 Å². The van der Waals surface area contributed by atoms with Gasteiger partial charge in [0.25, 0.3) is 0 Å². The van der Waals surface area contributed by atoms with Crippen molar-refractivity contribution >= 4 is 52.2 Å². The van der Waals surface area contributed by atoms with Crippen molar-refractivity contribution in [1.29, 1.82) is 0 Å². The molecular formula is C18H24ClIN2O6. The summed E-state index contributed by atoms with van der Waals surface area (Å²) in [5, 5.41) is 15.6. The summed E-state index contributed by atoms with van der Waals surface area (Å²) in [6.07, 6.45) is -0.958. The molecule has 0 fully saturated rings. The van der Waals surface area contributed by atoms with Crippen LogP contribution in [0.2, 0.25) is 5.02 Å². The lowest BCUT2D eigenvalue weighted by Crippen LogP contribution is -2.41. The number of rotatable bonds is 7. The fraction of sp³-hybridized carbons (Fsp3) is 0.500. The van der Waals surface area contributed by atoms with E-state index in [4.69, 9.17) is 21.1 Å². The van der Waals surface area contributed by atoms with Gasteiger partial charge in [-0.25, -0.2) is 4.79 Å². The number of ether oxygens (including phenoxy) is 2. The monoisotopic (exact) mass is 526 g/mol. The smallest absolute Gasteiger partial charge is 0.408 e. The van der Waals surface area contributed by atoms with Gasteiger partial charge >= 0.3 is 12.1 Å². The van der Waals surface area contributed by atoms with Crippen molar-refractivity contribution in [1.82, 2.24) is 10.6 Å². The number of phenols is 1. The Kier molecular flexibility index (Phi) is 9.28. The molecule has 3 N–H and O–H groups in total. The summed E-state index contributed by atoms with van der Waals surface area (Å²) >= 11 is 7.94. The van der Waals surface area contributed by atoms with Crippen LogP contribution < -0.4 is 10.6 Å². The van der Waals surface area contributed by atoms with Crippen LogP contribution in [0.5, 0.6) is 5.75 Å². The molecule has 0 radical (unpaired) electrons. The molecule has 1 atom stereocenters. The third-order valence-electron chi connectivity index (χ3n) is 3.24. The Morgan fingerprint density at radius 1 is 1.29 bits per heavy atom. The minimum Gasteiger partial charge on any atom is -0.506 e. The fourth-order valence-corrected chi connectivity index (χ4v) is 3.25. The highest BCUT2D eigenvalue weighted by molar-refractivity contribution is 14.1. The van der Waals surface area contributed by atoms with Gasteiger partial charge in [-0.15, -0.1) is 0 Å². The van der Waals surface area contributed by atoms with Crippen LogP contribution in [0.3, 0.4) is 0 Å². The van der Waals surface area contributed by atoms with Crippen LogP contribution in [-0.4, -0.2) is 41.8 Å². The number of phenolic OH excluding ortho intramolecular Hbond substituents is 1. The van der Waals surface area contributed by atoms with Gasteiger partial charge in [0.1, 0.15) is 17.9 Å². The number of benzene rings is 1. The van der Waals surface area contributed by atoms with Crippen LogP contribution in [0.15, 0.2) is 12.1 Å². The zero-order valence-electron chi connectivity index (χ0n) is 16.1. The van der Waals surface area contributed by atoms with Gasteiger partial charge in [0.2, 0.25) is 5.91 Å². The molecule has 0 bridgehead atoms. The highest BCUT2D eigenvalue weighted by Gasteiger charge is 2.24. The number of esters is 1. The molecule has 28 heavy (non-hydrogen) atoms. The van der Waals surface area contributed by atoms with E-state index in [0.717, 1.165) is 0 Å². The van der Waals surface area contributed by atoms with Gasteiger partial charge in [0.05, 0.1) is 22.6 Å². The van der Waals surface area contributed by atoms with Crippen LogP contribution in [0, 0.1) is 3.57 Å². The predicted molar refractivity (Wildman–Crippen MR) is 112 cm³/mol. The number of aromatic hydroxyl groups is 1. The number of carbonyl (C=O) groups excluding carboxylic acids is 3. The van der Waals surface area contributed by atoms with E-state index >= 15 is 0 Å². The molecule has 0 saturated heterocycles. The van der Waals surface area contributed by atoms with Crippen LogP contribution in [0.25, 0.3) is 0 Å². The van der Waals surface area contributed by atoms with Gasteiger partial charge in [0, 0.05) is 10.6 Å². The first-order chi connectivity index (χ1) is 12.9. The largest absolute Gasteiger partial charge is 0.506 e. The van der Waals surface area contributed by atoms with Gasteiger partial charge in [-0.1, -0.05) is 11.6 Å². The molecule has 0 aliphatic rings. The first kappa shape index (κ1) is 24.3. The van der Waals surface area contributed by atoms with Crippen LogP contribution in [0.4, 0.5) is 4.79 Å². The molecule has 0 heterocycles. The number of amides is 2. The van der Waals surface area contributed by atoms with Gasteiger partial charge in [-0.05, 0) is 62.4 Å². The predicted octanol–water partition coefficient (Wildman–Crippen LogP) is 3.29. The summed E-state index contributed by atoms with van der Waals surface area (Å²) < 4.78 is 10.5. The Bertz CT molecular complexity index is 736. The molecule has 0 spiro atoms. The van der Waals surface area contributed by atoms with Gasteiger partial charge in [0.15, 0.2) is 0 Å². The summed E-state index contributed by atoms with van der Waals surface area (Å²) in [6, 6.07) is 2.12. The van der Waals surface area contributed by atoms with E-state index in [0.29, 0.717) is 8.59 Å². The van der Waals surface area contributed by atoms with Crippen molar-refractivity contribution in [2.75, 3.05) is 13.2 Å². The van der Waals surface area contributed by atoms with Crippen molar-refractivity contribution in [3.05, 3.63) is 26.3 Å². The summed E-state index contributed by atoms with van der Waals surface area (Å²) in [5.74, 6) is -1.23. The number of nitrogens with one attached hydrogen (secondary N) is 2. The Morgan fingerprint density at radius 3 is 2.50 bits per heavy atom. The Morgan fingerprint density at radius 2 is 1.93 bits per heavy atom. The Labute approximate surface area is 182 Å². The normalized spacial score (nSPS) is 12.1. The lowest BCUT2D eigenvalue weighted by atomic mass is 10.0. The topological polar surface area (TPSA) is 114 Å². The molecule has 1 unspecified atom stereocenters. The third-order valence-corrected chi connectivity index (χ3v) is 4.28. The van der Waals surface area contributed by atoms with Crippen molar-refractivity contribution in [2.24, 2.45) is 0 Å². The van der Waals surface area contributed by atoms with Crippen LogP contribution >= 0.6 is 34.2 Å². The molecule has 2 amide bonds. The lowest BCUT2D eigenvalue weighted by molar-refractivity contribution is -0.143. The first-order valence-corrected chi connectivity index (χ1v) is 9.98. The third kappa shape index (κ3) is 8.51. The number of carbonyl (C=O) groups is 3. The molecule has 10 heteroatoms. The number of halogens is 2. The van der Waals surface area contributed by atoms with E-state index in [1.165, 1.54) is 6.07 Å². The molecule has 0 aliphatic heterocycles. The Hall–Kier alpha value is -1.75. The summed E-state index contributed by atoms with van der Waals surface area (Å²) in [4.78, 5) is 35.9. The van der Waals surface area contributed by atoms with E-state index in [1.807, 2.05) is 22.6 Å². The van der Waals surface area contributed by atoms with Crippen LogP contribution in [-0.2, 0) is 19.1 Å². The number of alkyl carbamates (subject to hydrolysis) is 1.